The van der Waals surface area contributed by atoms with Gasteiger partial charge in [0.15, 0.2) is 5.78 Å². The van der Waals surface area contributed by atoms with E-state index in [4.69, 9.17) is 4.74 Å². The number of esters is 1. The molecule has 2 N–H and O–H groups in total. The molecule has 0 saturated heterocycles. The minimum absolute atomic E-state index is 0.0898. The fourth-order valence-electron chi connectivity index (χ4n) is 4.12. The Morgan fingerprint density at radius 2 is 1.95 bits per heavy atom. The number of amides is 2. The molecule has 1 heterocycles. The molecule has 1 fully saturated rings. The Morgan fingerprint density at radius 3 is 2.63 bits per heavy atom. The first-order chi connectivity index (χ1) is 18.2. The summed E-state index contributed by atoms with van der Waals surface area (Å²) in [4.78, 5) is 44.5. The SMILES string of the molecule is CCCC(=O)c1ccc(F)c(C2CC2NC(=O)Nc2ccc(Br)cn2)c1OC(=O)c1cccc(N(C)C)c1. The molecule has 1 saturated carbocycles. The molecular formula is C28H28BrFN4O4. The topological polar surface area (TPSA) is 101 Å². The van der Waals surface area contributed by atoms with Gasteiger partial charge in [-0.3, -0.25) is 10.1 Å². The van der Waals surface area contributed by atoms with E-state index in [-0.39, 0.29) is 34.6 Å². The largest absolute Gasteiger partial charge is 0.422 e. The molecule has 38 heavy (non-hydrogen) atoms. The molecule has 0 spiro atoms. The van der Waals surface area contributed by atoms with Gasteiger partial charge in [0.1, 0.15) is 17.4 Å². The van der Waals surface area contributed by atoms with Crippen LogP contribution >= 0.6 is 15.9 Å². The maximum Gasteiger partial charge on any atom is 0.343 e. The van der Waals surface area contributed by atoms with Gasteiger partial charge in [0.2, 0.25) is 0 Å². The van der Waals surface area contributed by atoms with Crippen LogP contribution in [0.5, 0.6) is 5.75 Å². The lowest BCUT2D eigenvalue weighted by atomic mass is 9.99. The molecule has 1 aliphatic rings. The third kappa shape index (κ3) is 6.36. The number of nitrogens with zero attached hydrogens (tertiary/aromatic N) is 2. The number of carbonyl (C=O) groups excluding carboxylic acids is 3. The standard InChI is InChI=1S/C28H28BrFN4O4/c1-4-6-23(35)19-10-11-21(30)25(26(19)38-27(36)16-7-5-8-18(13-16)34(2)3)20-14-22(20)32-28(37)33-24-12-9-17(29)15-31-24/h5,7-13,15,20,22H,4,6,14H2,1-3H3,(H2,31,32,33,37). The summed E-state index contributed by atoms with van der Waals surface area (Å²) in [6, 6.07) is 11.9. The van der Waals surface area contributed by atoms with Crippen LogP contribution in [0.4, 0.5) is 20.7 Å². The zero-order valence-electron chi connectivity index (χ0n) is 21.3. The van der Waals surface area contributed by atoms with E-state index in [9.17, 15) is 14.4 Å². The second-order valence-corrected chi connectivity index (χ2v) is 10.2. The lowest BCUT2D eigenvalue weighted by Gasteiger charge is -2.17. The van der Waals surface area contributed by atoms with Gasteiger partial charge in [-0.05, 0) is 71.2 Å². The molecule has 2 atom stereocenters. The fourth-order valence-corrected chi connectivity index (χ4v) is 4.35. The number of hydrogen-bond donors (Lipinski definition) is 2. The molecule has 0 aliphatic heterocycles. The molecule has 0 radical (unpaired) electrons. The number of pyridine rings is 1. The molecule has 2 aromatic carbocycles. The van der Waals surface area contributed by atoms with Crippen molar-refractivity contribution in [2.45, 2.75) is 38.1 Å². The second kappa shape index (κ2) is 11.7. The van der Waals surface area contributed by atoms with Crippen LogP contribution in [0.25, 0.3) is 0 Å². The molecule has 1 aliphatic carbocycles. The summed E-state index contributed by atoms with van der Waals surface area (Å²) >= 11 is 3.29. The van der Waals surface area contributed by atoms with E-state index >= 15 is 4.39 Å². The number of anilines is 2. The fraction of sp³-hybridized carbons (Fsp3) is 0.286. The van der Waals surface area contributed by atoms with Crippen molar-refractivity contribution in [3.05, 3.63) is 81.7 Å². The Hall–Kier alpha value is -3.79. The van der Waals surface area contributed by atoms with E-state index in [0.29, 0.717) is 18.7 Å². The van der Waals surface area contributed by atoms with Gasteiger partial charge in [-0.25, -0.2) is 19.0 Å². The first-order valence-corrected chi connectivity index (χ1v) is 13.0. The van der Waals surface area contributed by atoms with Crippen LogP contribution in [0.3, 0.4) is 0 Å². The second-order valence-electron chi connectivity index (χ2n) is 9.25. The third-order valence-electron chi connectivity index (χ3n) is 6.16. The van der Waals surface area contributed by atoms with Crippen molar-refractivity contribution in [3.63, 3.8) is 0 Å². The highest BCUT2D eigenvalue weighted by Gasteiger charge is 2.44. The van der Waals surface area contributed by atoms with Crippen LogP contribution in [0.2, 0.25) is 0 Å². The zero-order chi connectivity index (χ0) is 27.4. The van der Waals surface area contributed by atoms with Crippen LogP contribution in [-0.4, -0.2) is 42.9 Å². The lowest BCUT2D eigenvalue weighted by molar-refractivity contribution is 0.0730. The van der Waals surface area contributed by atoms with Gasteiger partial charge >= 0.3 is 12.0 Å². The Bertz CT molecular complexity index is 1360. The van der Waals surface area contributed by atoms with Crippen molar-refractivity contribution in [1.29, 1.82) is 0 Å². The summed E-state index contributed by atoms with van der Waals surface area (Å²) in [7, 11) is 3.69. The maximum atomic E-state index is 15.2. The van der Waals surface area contributed by atoms with Gasteiger partial charge in [-0.15, -0.1) is 0 Å². The van der Waals surface area contributed by atoms with Crippen molar-refractivity contribution in [2.24, 2.45) is 0 Å². The number of rotatable bonds is 9. The Morgan fingerprint density at radius 1 is 1.16 bits per heavy atom. The first-order valence-electron chi connectivity index (χ1n) is 12.2. The number of nitrogens with one attached hydrogen (secondary N) is 2. The first kappa shape index (κ1) is 27.3. The summed E-state index contributed by atoms with van der Waals surface area (Å²) in [5.41, 5.74) is 1.32. The van der Waals surface area contributed by atoms with Crippen molar-refractivity contribution in [3.8, 4) is 5.75 Å². The van der Waals surface area contributed by atoms with Gasteiger partial charge < -0.3 is 15.0 Å². The zero-order valence-corrected chi connectivity index (χ0v) is 22.8. The summed E-state index contributed by atoms with van der Waals surface area (Å²) in [5, 5.41) is 5.44. The van der Waals surface area contributed by atoms with Crippen molar-refractivity contribution >= 4 is 45.2 Å². The highest BCUT2D eigenvalue weighted by Crippen LogP contribution is 2.47. The molecule has 8 nitrogen and oxygen atoms in total. The number of ether oxygens (including phenoxy) is 1. The number of ketones is 1. The predicted octanol–water partition coefficient (Wildman–Crippen LogP) is 5.93. The van der Waals surface area contributed by atoms with E-state index < -0.39 is 29.8 Å². The summed E-state index contributed by atoms with van der Waals surface area (Å²) in [6.45, 7) is 1.86. The molecule has 2 unspecified atom stereocenters. The minimum Gasteiger partial charge on any atom is -0.422 e. The maximum absolute atomic E-state index is 15.2. The number of Topliss-reactive ketones (excluding diaryl/α,β-unsaturated/α-hetero) is 1. The number of halogens is 2. The summed E-state index contributed by atoms with van der Waals surface area (Å²) in [5.74, 6) is -1.75. The number of hydrogen-bond acceptors (Lipinski definition) is 6. The Labute approximate surface area is 228 Å². The van der Waals surface area contributed by atoms with E-state index in [2.05, 4.69) is 31.5 Å². The molecule has 4 rings (SSSR count). The molecule has 3 aromatic rings. The molecule has 0 bridgehead atoms. The van der Waals surface area contributed by atoms with Crippen LogP contribution in [0, 0.1) is 5.82 Å². The molecule has 2 amide bonds. The van der Waals surface area contributed by atoms with Gasteiger partial charge in [0.25, 0.3) is 0 Å². The van der Waals surface area contributed by atoms with Gasteiger partial charge in [0, 0.05) is 54.4 Å². The number of urea groups is 1. The molecule has 10 heteroatoms. The number of aromatic nitrogens is 1. The Kier molecular flexibility index (Phi) is 8.41. The van der Waals surface area contributed by atoms with Crippen LogP contribution in [0.1, 0.15) is 58.4 Å². The summed E-state index contributed by atoms with van der Waals surface area (Å²) < 4.78 is 21.8. The smallest absolute Gasteiger partial charge is 0.343 e. The van der Waals surface area contributed by atoms with E-state index in [1.807, 2.05) is 32.0 Å². The van der Waals surface area contributed by atoms with Crippen LogP contribution in [0.15, 0.2) is 59.2 Å². The number of carbonyl (C=O) groups is 3. The lowest BCUT2D eigenvalue weighted by Crippen LogP contribution is -2.31. The van der Waals surface area contributed by atoms with E-state index in [1.165, 1.54) is 12.1 Å². The molecule has 1 aromatic heterocycles. The highest BCUT2D eigenvalue weighted by atomic mass is 79.9. The highest BCUT2D eigenvalue weighted by molar-refractivity contribution is 9.10. The summed E-state index contributed by atoms with van der Waals surface area (Å²) in [6.07, 6.45) is 2.78. The van der Waals surface area contributed by atoms with Gasteiger partial charge in [-0.2, -0.15) is 0 Å². The third-order valence-corrected chi connectivity index (χ3v) is 6.63. The molecular weight excluding hydrogens is 555 g/mol. The van der Waals surface area contributed by atoms with Crippen molar-refractivity contribution in [1.82, 2.24) is 10.3 Å². The minimum atomic E-state index is -0.699. The van der Waals surface area contributed by atoms with Crippen molar-refractivity contribution in [2.75, 3.05) is 24.3 Å². The predicted molar refractivity (Wildman–Crippen MR) is 147 cm³/mol. The monoisotopic (exact) mass is 582 g/mol. The number of benzene rings is 2. The average Bonchev–Trinajstić information content (AvgIpc) is 3.63. The van der Waals surface area contributed by atoms with E-state index in [1.54, 1.807) is 36.5 Å². The quantitative estimate of drug-likeness (QED) is 0.184. The average molecular weight is 583 g/mol. The van der Waals surface area contributed by atoms with Gasteiger partial charge in [0.05, 0.1) is 11.1 Å². The van der Waals surface area contributed by atoms with Crippen LogP contribution in [-0.2, 0) is 0 Å². The van der Waals surface area contributed by atoms with Crippen molar-refractivity contribution < 1.29 is 23.5 Å². The Balaban J connectivity index is 1.59. The van der Waals surface area contributed by atoms with Gasteiger partial charge in [-0.1, -0.05) is 13.0 Å². The molecule has 198 valence electrons. The normalized spacial score (nSPS) is 15.9. The van der Waals surface area contributed by atoms with Crippen LogP contribution < -0.4 is 20.3 Å². The van der Waals surface area contributed by atoms with E-state index in [0.717, 1.165) is 10.2 Å².